The highest BCUT2D eigenvalue weighted by Gasteiger charge is 2.22. The van der Waals surface area contributed by atoms with Crippen LogP contribution in [0.3, 0.4) is 0 Å². The van der Waals surface area contributed by atoms with Gasteiger partial charge in [0.05, 0.1) is 21.6 Å². The summed E-state index contributed by atoms with van der Waals surface area (Å²) in [6.07, 6.45) is 6.72. The summed E-state index contributed by atoms with van der Waals surface area (Å²) in [6, 6.07) is 23.3. The van der Waals surface area contributed by atoms with Crippen molar-refractivity contribution in [1.82, 2.24) is 0 Å². The summed E-state index contributed by atoms with van der Waals surface area (Å²) in [6.45, 7) is 0. The third-order valence-corrected chi connectivity index (χ3v) is 5.46. The third-order valence-electron chi connectivity index (χ3n) is 5.46. The number of allylic oxidation sites excluding steroid dienone is 2. The van der Waals surface area contributed by atoms with E-state index in [1.807, 2.05) is 60.7 Å². The fourth-order valence-electron chi connectivity index (χ4n) is 3.83. The van der Waals surface area contributed by atoms with Crippen molar-refractivity contribution < 1.29 is 9.85 Å². The second kappa shape index (κ2) is 10.4. The van der Waals surface area contributed by atoms with Crippen LogP contribution in [-0.4, -0.2) is 15.6 Å². The molecule has 0 saturated heterocycles. The van der Waals surface area contributed by atoms with Crippen molar-refractivity contribution in [1.29, 1.82) is 0 Å². The average molecular weight is 454 g/mol. The van der Waals surface area contributed by atoms with E-state index in [1.165, 1.54) is 12.1 Å². The lowest BCUT2D eigenvalue weighted by Gasteiger charge is -2.21. The van der Waals surface area contributed by atoms with Crippen LogP contribution in [0.15, 0.2) is 95.1 Å². The highest BCUT2D eigenvalue weighted by molar-refractivity contribution is 6.17. The number of nitrogens with one attached hydrogen (secondary N) is 1. The van der Waals surface area contributed by atoms with Crippen LogP contribution in [-0.2, 0) is 0 Å². The molecular formula is C26H22N4O4. The summed E-state index contributed by atoms with van der Waals surface area (Å²) < 4.78 is 0. The average Bonchev–Trinajstić information content (AvgIpc) is 2.85. The van der Waals surface area contributed by atoms with Gasteiger partial charge in [0.1, 0.15) is 5.69 Å². The molecular weight excluding hydrogens is 432 g/mol. The predicted molar refractivity (Wildman–Crippen MR) is 133 cm³/mol. The highest BCUT2D eigenvalue weighted by atomic mass is 16.6. The summed E-state index contributed by atoms with van der Waals surface area (Å²) in [5.74, 6) is 0. The van der Waals surface area contributed by atoms with E-state index in [0.717, 1.165) is 47.6 Å². The number of hydrogen-bond donors (Lipinski definition) is 1. The van der Waals surface area contributed by atoms with Crippen molar-refractivity contribution >= 4 is 34.9 Å². The van der Waals surface area contributed by atoms with Gasteiger partial charge in [-0.1, -0.05) is 60.7 Å². The molecule has 0 radical (unpaired) electrons. The smallest absolute Gasteiger partial charge is 0.271 e. The molecule has 0 aliphatic heterocycles. The van der Waals surface area contributed by atoms with E-state index in [0.29, 0.717) is 5.71 Å². The first-order chi connectivity index (χ1) is 16.5. The van der Waals surface area contributed by atoms with Crippen LogP contribution in [0, 0.1) is 20.2 Å². The molecule has 0 bridgehead atoms. The van der Waals surface area contributed by atoms with Gasteiger partial charge < -0.3 is 0 Å². The van der Waals surface area contributed by atoms with E-state index in [9.17, 15) is 20.2 Å². The van der Waals surface area contributed by atoms with Gasteiger partial charge in [0.25, 0.3) is 5.69 Å². The number of nitro benzene ring substituents is 2. The van der Waals surface area contributed by atoms with Crippen molar-refractivity contribution in [3.8, 4) is 0 Å². The first kappa shape index (κ1) is 22.6. The highest BCUT2D eigenvalue weighted by Crippen LogP contribution is 2.32. The Morgan fingerprint density at radius 1 is 0.765 bits per heavy atom. The minimum Gasteiger partial charge on any atom is -0.271 e. The van der Waals surface area contributed by atoms with Crippen LogP contribution < -0.4 is 5.43 Å². The van der Waals surface area contributed by atoms with Gasteiger partial charge in [-0.3, -0.25) is 25.7 Å². The van der Waals surface area contributed by atoms with Crippen LogP contribution >= 0.6 is 0 Å². The third kappa shape index (κ3) is 5.42. The maximum absolute atomic E-state index is 11.5. The van der Waals surface area contributed by atoms with E-state index in [-0.39, 0.29) is 11.4 Å². The Labute approximate surface area is 196 Å². The molecule has 1 aliphatic carbocycles. The van der Waals surface area contributed by atoms with Crippen LogP contribution in [0.4, 0.5) is 17.1 Å². The first-order valence-corrected chi connectivity index (χ1v) is 10.8. The zero-order valence-corrected chi connectivity index (χ0v) is 18.3. The Bertz CT molecular complexity index is 1240. The number of nitrogens with zero attached hydrogens (tertiary/aromatic N) is 3. The molecule has 0 aromatic heterocycles. The van der Waals surface area contributed by atoms with Gasteiger partial charge >= 0.3 is 5.69 Å². The minimum absolute atomic E-state index is 0.0896. The summed E-state index contributed by atoms with van der Waals surface area (Å²) in [5.41, 5.74) is 6.94. The van der Waals surface area contributed by atoms with Gasteiger partial charge in [-0.15, -0.1) is 0 Å². The SMILES string of the molecule is O=[N+]([O-])c1ccc(N/N=C2C(=C/c3ccccc3)\CCCC\2=C/c2ccccc2)c([N+](=O)[O-])c1. The number of rotatable bonds is 6. The molecule has 170 valence electrons. The molecule has 0 unspecified atom stereocenters. The van der Waals surface area contributed by atoms with Crippen LogP contribution in [0.25, 0.3) is 12.2 Å². The Hall–Kier alpha value is -4.59. The van der Waals surface area contributed by atoms with Crippen LogP contribution in [0.1, 0.15) is 30.4 Å². The molecule has 1 aliphatic rings. The Morgan fingerprint density at radius 3 is 1.82 bits per heavy atom. The summed E-state index contributed by atoms with van der Waals surface area (Å²) in [5, 5.41) is 27.2. The lowest BCUT2D eigenvalue weighted by Crippen LogP contribution is -2.15. The second-order valence-electron chi connectivity index (χ2n) is 7.80. The van der Waals surface area contributed by atoms with Crippen molar-refractivity contribution in [3.63, 3.8) is 0 Å². The number of hydrogen-bond acceptors (Lipinski definition) is 6. The van der Waals surface area contributed by atoms with Crippen molar-refractivity contribution in [2.75, 3.05) is 5.43 Å². The minimum atomic E-state index is -0.661. The predicted octanol–water partition coefficient (Wildman–Crippen LogP) is 6.62. The Morgan fingerprint density at radius 2 is 1.32 bits per heavy atom. The maximum Gasteiger partial charge on any atom is 0.301 e. The molecule has 8 heteroatoms. The van der Waals surface area contributed by atoms with Gasteiger partial charge in [0.2, 0.25) is 0 Å². The number of hydrazone groups is 1. The summed E-state index contributed by atoms with van der Waals surface area (Å²) in [4.78, 5) is 21.3. The molecule has 0 heterocycles. The molecule has 0 amide bonds. The first-order valence-electron chi connectivity index (χ1n) is 10.8. The molecule has 1 saturated carbocycles. The summed E-state index contributed by atoms with van der Waals surface area (Å²) >= 11 is 0. The molecule has 1 fully saturated rings. The number of anilines is 1. The van der Waals surface area contributed by atoms with Gasteiger partial charge in [0, 0.05) is 6.07 Å². The molecule has 3 aromatic carbocycles. The topological polar surface area (TPSA) is 111 Å². The van der Waals surface area contributed by atoms with E-state index < -0.39 is 15.5 Å². The number of benzene rings is 3. The molecule has 8 nitrogen and oxygen atoms in total. The Kier molecular flexibility index (Phi) is 6.88. The largest absolute Gasteiger partial charge is 0.301 e. The fraction of sp³-hybridized carbons (Fsp3) is 0.115. The van der Waals surface area contributed by atoms with Crippen molar-refractivity contribution in [2.45, 2.75) is 19.3 Å². The molecule has 0 spiro atoms. The molecule has 4 rings (SSSR count). The van der Waals surface area contributed by atoms with E-state index in [2.05, 4.69) is 22.7 Å². The number of nitro groups is 2. The van der Waals surface area contributed by atoms with E-state index >= 15 is 0 Å². The number of non-ortho nitro benzene ring substituents is 1. The maximum atomic E-state index is 11.5. The lowest BCUT2D eigenvalue weighted by atomic mass is 9.86. The van der Waals surface area contributed by atoms with Crippen molar-refractivity contribution in [2.24, 2.45) is 5.10 Å². The Balaban J connectivity index is 1.77. The van der Waals surface area contributed by atoms with Crippen LogP contribution in [0.5, 0.6) is 0 Å². The molecule has 1 N–H and O–H groups in total. The molecule has 34 heavy (non-hydrogen) atoms. The normalized spacial score (nSPS) is 17.1. The molecule has 0 atom stereocenters. The standard InChI is InChI=1S/C26H22N4O4/c31-29(32)23-14-15-24(25(18-23)30(33)34)27-28-26-21(16-19-8-3-1-4-9-19)12-7-13-22(26)17-20-10-5-2-6-11-20/h1-6,8-11,14-18,27H,7,12-13H2/b21-16-,22-17+,28-26+. The molecule has 3 aromatic rings. The van der Waals surface area contributed by atoms with Gasteiger partial charge in [-0.2, -0.15) is 5.10 Å². The lowest BCUT2D eigenvalue weighted by molar-refractivity contribution is -0.393. The van der Waals surface area contributed by atoms with Crippen molar-refractivity contribution in [3.05, 3.63) is 121 Å². The monoisotopic (exact) mass is 454 g/mol. The fourth-order valence-corrected chi connectivity index (χ4v) is 3.83. The zero-order valence-electron chi connectivity index (χ0n) is 18.3. The van der Waals surface area contributed by atoms with Crippen LogP contribution in [0.2, 0.25) is 0 Å². The van der Waals surface area contributed by atoms with E-state index in [4.69, 9.17) is 0 Å². The quantitative estimate of drug-likeness (QED) is 0.332. The zero-order chi connectivity index (χ0) is 23.9. The van der Waals surface area contributed by atoms with Gasteiger partial charge in [-0.25, -0.2) is 0 Å². The summed E-state index contributed by atoms with van der Waals surface area (Å²) in [7, 11) is 0. The van der Waals surface area contributed by atoms with Gasteiger partial charge in [0.15, 0.2) is 0 Å². The van der Waals surface area contributed by atoms with E-state index in [1.54, 1.807) is 0 Å². The second-order valence-corrected chi connectivity index (χ2v) is 7.80. The van der Waals surface area contributed by atoms with Gasteiger partial charge in [-0.05, 0) is 59.8 Å².